The van der Waals surface area contributed by atoms with Crippen molar-refractivity contribution >= 4 is 11.0 Å². The average Bonchev–Trinajstić information content (AvgIpc) is 3.04. The second-order valence-corrected chi connectivity index (χ2v) is 5.19. The SMILES string of the molecule is Cn1c(CCCNC2CCOC2)nc2ccccc21. The predicted octanol–water partition coefficient (Wildman–Crippen LogP) is 1.88. The minimum Gasteiger partial charge on any atom is -0.380 e. The van der Waals surface area contributed by atoms with Crippen molar-refractivity contribution in [3.63, 3.8) is 0 Å². The summed E-state index contributed by atoms with van der Waals surface area (Å²) in [6.45, 7) is 2.81. The van der Waals surface area contributed by atoms with Crippen molar-refractivity contribution in [2.75, 3.05) is 19.8 Å². The molecule has 4 heteroatoms. The number of imidazole rings is 1. The highest BCUT2D eigenvalue weighted by molar-refractivity contribution is 5.75. The van der Waals surface area contributed by atoms with E-state index in [-0.39, 0.29) is 0 Å². The van der Waals surface area contributed by atoms with Gasteiger partial charge >= 0.3 is 0 Å². The number of rotatable bonds is 5. The Labute approximate surface area is 113 Å². The smallest absolute Gasteiger partial charge is 0.109 e. The number of aromatic nitrogens is 2. The fourth-order valence-corrected chi connectivity index (χ4v) is 2.67. The van der Waals surface area contributed by atoms with Gasteiger partial charge < -0.3 is 14.6 Å². The van der Waals surface area contributed by atoms with Gasteiger partial charge in [0.25, 0.3) is 0 Å². The van der Waals surface area contributed by atoms with Crippen LogP contribution in [-0.2, 0) is 18.2 Å². The van der Waals surface area contributed by atoms with Crippen molar-refractivity contribution in [3.8, 4) is 0 Å². The molecule has 1 aliphatic rings. The number of ether oxygens (including phenoxy) is 1. The minimum absolute atomic E-state index is 0.556. The largest absolute Gasteiger partial charge is 0.380 e. The first-order valence-electron chi connectivity index (χ1n) is 7.06. The zero-order valence-corrected chi connectivity index (χ0v) is 11.4. The quantitative estimate of drug-likeness (QED) is 0.833. The zero-order chi connectivity index (χ0) is 13.1. The Morgan fingerprint density at radius 2 is 2.32 bits per heavy atom. The molecule has 1 fully saturated rings. The van der Waals surface area contributed by atoms with Gasteiger partial charge in [-0.15, -0.1) is 0 Å². The van der Waals surface area contributed by atoms with Crippen LogP contribution in [0.15, 0.2) is 24.3 Å². The third kappa shape index (κ3) is 2.80. The molecular formula is C15H21N3O. The van der Waals surface area contributed by atoms with Gasteiger partial charge in [-0.05, 0) is 31.5 Å². The molecule has 1 aromatic carbocycles. The van der Waals surface area contributed by atoms with E-state index in [1.165, 1.54) is 11.3 Å². The van der Waals surface area contributed by atoms with Crippen LogP contribution in [0.25, 0.3) is 11.0 Å². The van der Waals surface area contributed by atoms with E-state index in [0.29, 0.717) is 6.04 Å². The molecular weight excluding hydrogens is 238 g/mol. The van der Waals surface area contributed by atoms with Gasteiger partial charge in [0.05, 0.1) is 17.6 Å². The molecule has 19 heavy (non-hydrogen) atoms. The molecule has 102 valence electrons. The first kappa shape index (κ1) is 12.6. The Kier molecular flexibility index (Phi) is 3.80. The maximum atomic E-state index is 5.35. The molecule has 0 aliphatic carbocycles. The summed E-state index contributed by atoms with van der Waals surface area (Å²) in [5.74, 6) is 1.17. The molecule has 3 rings (SSSR count). The third-order valence-corrected chi connectivity index (χ3v) is 3.82. The summed E-state index contributed by atoms with van der Waals surface area (Å²) in [5.41, 5.74) is 2.31. The van der Waals surface area contributed by atoms with Crippen molar-refractivity contribution < 1.29 is 4.74 Å². The summed E-state index contributed by atoms with van der Waals surface area (Å²) in [7, 11) is 2.10. The lowest BCUT2D eigenvalue weighted by atomic mass is 10.2. The molecule has 0 bridgehead atoms. The molecule has 1 atom stereocenters. The molecule has 1 aliphatic heterocycles. The summed E-state index contributed by atoms with van der Waals surface area (Å²) < 4.78 is 7.55. The molecule has 1 aromatic heterocycles. The van der Waals surface area contributed by atoms with E-state index in [1.54, 1.807) is 0 Å². The van der Waals surface area contributed by atoms with Crippen LogP contribution in [0.3, 0.4) is 0 Å². The minimum atomic E-state index is 0.556. The van der Waals surface area contributed by atoms with Crippen molar-refractivity contribution in [2.45, 2.75) is 25.3 Å². The Bertz CT molecular complexity index is 543. The van der Waals surface area contributed by atoms with Crippen LogP contribution in [0.2, 0.25) is 0 Å². The third-order valence-electron chi connectivity index (χ3n) is 3.82. The Morgan fingerprint density at radius 1 is 1.42 bits per heavy atom. The summed E-state index contributed by atoms with van der Waals surface area (Å²) >= 11 is 0. The topological polar surface area (TPSA) is 39.1 Å². The van der Waals surface area contributed by atoms with Gasteiger partial charge in [-0.1, -0.05) is 12.1 Å². The Balaban J connectivity index is 1.54. The lowest BCUT2D eigenvalue weighted by Gasteiger charge is -2.09. The van der Waals surface area contributed by atoms with Crippen LogP contribution in [-0.4, -0.2) is 35.4 Å². The first-order valence-corrected chi connectivity index (χ1v) is 7.06. The highest BCUT2D eigenvalue weighted by Crippen LogP contribution is 2.15. The molecule has 0 spiro atoms. The molecule has 2 aromatic rings. The molecule has 0 radical (unpaired) electrons. The molecule has 1 saturated heterocycles. The highest BCUT2D eigenvalue weighted by Gasteiger charge is 2.14. The Hall–Kier alpha value is -1.39. The van der Waals surface area contributed by atoms with Crippen LogP contribution in [0.5, 0.6) is 0 Å². The fourth-order valence-electron chi connectivity index (χ4n) is 2.67. The van der Waals surface area contributed by atoms with E-state index in [1.807, 2.05) is 6.07 Å². The predicted molar refractivity (Wildman–Crippen MR) is 76.3 cm³/mol. The van der Waals surface area contributed by atoms with Gasteiger partial charge in [0.2, 0.25) is 0 Å². The number of nitrogens with zero attached hydrogens (tertiary/aromatic N) is 2. The Morgan fingerprint density at radius 3 is 3.11 bits per heavy atom. The number of para-hydroxylation sites is 2. The van der Waals surface area contributed by atoms with Crippen molar-refractivity contribution in [3.05, 3.63) is 30.1 Å². The van der Waals surface area contributed by atoms with E-state index in [2.05, 4.69) is 35.1 Å². The molecule has 0 saturated carbocycles. The lowest BCUT2D eigenvalue weighted by Crippen LogP contribution is -2.30. The van der Waals surface area contributed by atoms with Gasteiger partial charge in [0.1, 0.15) is 5.82 Å². The van der Waals surface area contributed by atoms with Crippen LogP contribution < -0.4 is 5.32 Å². The van der Waals surface area contributed by atoms with E-state index in [4.69, 9.17) is 9.72 Å². The van der Waals surface area contributed by atoms with Crippen LogP contribution in [0.1, 0.15) is 18.7 Å². The lowest BCUT2D eigenvalue weighted by molar-refractivity contribution is 0.190. The number of benzene rings is 1. The number of hydrogen-bond donors (Lipinski definition) is 1. The number of hydrogen-bond acceptors (Lipinski definition) is 3. The van der Waals surface area contributed by atoms with Gasteiger partial charge in [0.15, 0.2) is 0 Å². The standard InChI is InChI=1S/C15H21N3O/c1-18-14-6-3-2-5-13(14)17-15(18)7-4-9-16-12-8-10-19-11-12/h2-3,5-6,12,16H,4,7-11H2,1H3. The average molecular weight is 259 g/mol. The summed E-state index contributed by atoms with van der Waals surface area (Å²) in [5, 5.41) is 3.54. The van der Waals surface area contributed by atoms with Crippen LogP contribution in [0, 0.1) is 0 Å². The second kappa shape index (κ2) is 5.72. The summed E-state index contributed by atoms with van der Waals surface area (Å²) in [6, 6.07) is 8.86. The normalized spacial score (nSPS) is 19.3. The van der Waals surface area contributed by atoms with Gasteiger partial charge in [-0.2, -0.15) is 0 Å². The molecule has 0 amide bonds. The van der Waals surface area contributed by atoms with Gasteiger partial charge in [-0.25, -0.2) is 4.98 Å². The molecule has 2 heterocycles. The van der Waals surface area contributed by atoms with E-state index < -0.39 is 0 Å². The van der Waals surface area contributed by atoms with Crippen molar-refractivity contribution in [2.24, 2.45) is 7.05 Å². The monoisotopic (exact) mass is 259 g/mol. The maximum absolute atomic E-state index is 5.35. The molecule has 1 N–H and O–H groups in total. The number of aryl methyl sites for hydroxylation is 2. The maximum Gasteiger partial charge on any atom is 0.109 e. The second-order valence-electron chi connectivity index (χ2n) is 5.19. The van der Waals surface area contributed by atoms with Crippen molar-refractivity contribution in [1.82, 2.24) is 14.9 Å². The number of nitrogens with one attached hydrogen (secondary N) is 1. The van der Waals surface area contributed by atoms with Crippen molar-refractivity contribution in [1.29, 1.82) is 0 Å². The van der Waals surface area contributed by atoms with Gasteiger partial charge in [-0.3, -0.25) is 0 Å². The number of fused-ring (bicyclic) bond motifs is 1. The first-order chi connectivity index (χ1) is 9.34. The highest BCUT2D eigenvalue weighted by atomic mass is 16.5. The molecule has 4 nitrogen and oxygen atoms in total. The molecule has 1 unspecified atom stereocenters. The van der Waals surface area contributed by atoms with E-state index >= 15 is 0 Å². The van der Waals surface area contributed by atoms with Crippen LogP contribution in [0.4, 0.5) is 0 Å². The van der Waals surface area contributed by atoms with E-state index in [9.17, 15) is 0 Å². The van der Waals surface area contributed by atoms with Gasteiger partial charge in [0, 0.05) is 26.1 Å². The summed E-state index contributed by atoms with van der Waals surface area (Å²) in [6.07, 6.45) is 3.28. The zero-order valence-electron chi connectivity index (χ0n) is 11.4. The van der Waals surface area contributed by atoms with E-state index in [0.717, 1.165) is 44.5 Å². The van der Waals surface area contributed by atoms with Crippen LogP contribution >= 0.6 is 0 Å². The summed E-state index contributed by atoms with van der Waals surface area (Å²) in [4.78, 5) is 4.69. The fraction of sp³-hybridized carbons (Fsp3) is 0.533.